The van der Waals surface area contributed by atoms with Crippen LogP contribution in [-0.4, -0.2) is 38.4 Å². The van der Waals surface area contributed by atoms with Crippen LogP contribution in [0.4, 0.5) is 5.69 Å². The molecule has 0 radical (unpaired) electrons. The molecule has 3 rings (SSSR count). The molecule has 1 aromatic carbocycles. The lowest BCUT2D eigenvalue weighted by molar-refractivity contribution is -0.384. The number of aromatic nitrogens is 2. The van der Waals surface area contributed by atoms with Crippen molar-refractivity contribution >= 4 is 11.6 Å². The van der Waals surface area contributed by atoms with E-state index < -0.39 is 4.92 Å². The third-order valence-electron chi connectivity index (χ3n) is 3.59. The van der Waals surface area contributed by atoms with Crippen molar-refractivity contribution < 1.29 is 9.72 Å². The Kier molecular flexibility index (Phi) is 3.39. The second kappa shape index (κ2) is 5.35. The molecule has 21 heavy (non-hydrogen) atoms. The average Bonchev–Trinajstić information content (AvgIpc) is 3.19. The van der Waals surface area contributed by atoms with E-state index in [1.165, 1.54) is 12.4 Å². The highest BCUT2D eigenvalue weighted by atomic mass is 16.6. The van der Waals surface area contributed by atoms with Gasteiger partial charge in [-0.3, -0.25) is 14.9 Å². The zero-order valence-electron chi connectivity index (χ0n) is 11.3. The highest BCUT2D eigenvalue weighted by molar-refractivity contribution is 5.95. The maximum absolute atomic E-state index is 12.3. The van der Waals surface area contributed by atoms with Crippen LogP contribution in [0.3, 0.4) is 0 Å². The highest BCUT2D eigenvalue weighted by Gasteiger charge is 2.23. The second-order valence-corrected chi connectivity index (χ2v) is 4.93. The molecule has 0 unspecified atom stereocenters. The molecular weight excluding hydrogens is 272 g/mol. The van der Waals surface area contributed by atoms with E-state index >= 15 is 0 Å². The first-order valence-electron chi connectivity index (χ1n) is 6.73. The Morgan fingerprint density at radius 2 is 2.05 bits per heavy atom. The molecule has 1 aromatic heterocycles. The fourth-order valence-electron chi connectivity index (χ4n) is 2.53. The quantitative estimate of drug-likeness (QED) is 0.638. The van der Waals surface area contributed by atoms with E-state index in [0.717, 1.165) is 25.9 Å². The topological polar surface area (TPSA) is 81.3 Å². The Morgan fingerprint density at radius 1 is 1.29 bits per heavy atom. The van der Waals surface area contributed by atoms with Crippen LogP contribution >= 0.6 is 0 Å². The molecule has 0 aliphatic carbocycles. The summed E-state index contributed by atoms with van der Waals surface area (Å²) >= 11 is 0. The number of carbonyl (C=O) groups is 1. The van der Waals surface area contributed by atoms with Crippen molar-refractivity contribution in [3.8, 4) is 5.69 Å². The fraction of sp³-hybridized carbons (Fsp3) is 0.286. The minimum absolute atomic E-state index is 0.0990. The van der Waals surface area contributed by atoms with Crippen molar-refractivity contribution in [2.45, 2.75) is 12.8 Å². The Hall–Kier alpha value is -2.70. The van der Waals surface area contributed by atoms with Gasteiger partial charge in [0.2, 0.25) is 0 Å². The van der Waals surface area contributed by atoms with Gasteiger partial charge in [-0.05, 0) is 25.0 Å². The first-order chi connectivity index (χ1) is 10.2. The lowest BCUT2D eigenvalue weighted by Gasteiger charge is -2.15. The van der Waals surface area contributed by atoms with Crippen LogP contribution < -0.4 is 0 Å². The molecule has 1 aliphatic heterocycles. The maximum atomic E-state index is 12.3. The predicted octanol–water partition coefficient (Wildman–Crippen LogP) is 2.02. The predicted molar refractivity (Wildman–Crippen MR) is 75.4 cm³/mol. The van der Waals surface area contributed by atoms with Gasteiger partial charge in [0.15, 0.2) is 0 Å². The van der Waals surface area contributed by atoms with Crippen molar-refractivity contribution in [3.63, 3.8) is 0 Å². The zero-order chi connectivity index (χ0) is 14.8. The van der Waals surface area contributed by atoms with E-state index in [1.807, 2.05) is 0 Å². The Bertz CT molecular complexity index is 676. The van der Waals surface area contributed by atoms with Gasteiger partial charge in [-0.25, -0.2) is 4.98 Å². The molecule has 108 valence electrons. The highest BCUT2D eigenvalue weighted by Crippen LogP contribution is 2.25. The van der Waals surface area contributed by atoms with E-state index in [0.29, 0.717) is 11.3 Å². The molecule has 7 nitrogen and oxygen atoms in total. The number of hydrogen-bond donors (Lipinski definition) is 0. The number of benzene rings is 1. The normalized spacial score (nSPS) is 14.4. The largest absolute Gasteiger partial charge is 0.339 e. The number of rotatable bonds is 3. The molecule has 1 saturated heterocycles. The van der Waals surface area contributed by atoms with Crippen LogP contribution in [0.25, 0.3) is 5.69 Å². The van der Waals surface area contributed by atoms with Crippen LogP contribution in [-0.2, 0) is 0 Å². The van der Waals surface area contributed by atoms with Gasteiger partial charge in [-0.2, -0.15) is 0 Å². The van der Waals surface area contributed by atoms with E-state index in [-0.39, 0.29) is 11.6 Å². The molecule has 0 N–H and O–H groups in total. The van der Waals surface area contributed by atoms with Crippen molar-refractivity contribution in [3.05, 3.63) is 52.6 Å². The third kappa shape index (κ3) is 2.49. The maximum Gasteiger partial charge on any atom is 0.294 e. The summed E-state index contributed by atoms with van der Waals surface area (Å²) < 4.78 is 1.56. The van der Waals surface area contributed by atoms with Crippen LogP contribution in [0, 0.1) is 10.1 Å². The van der Waals surface area contributed by atoms with Crippen molar-refractivity contribution in [2.75, 3.05) is 13.1 Å². The number of nitro benzene ring substituents is 1. The lowest BCUT2D eigenvalue weighted by Crippen LogP contribution is -2.27. The molecular formula is C14H14N4O3. The molecule has 1 aliphatic rings. The number of likely N-dealkylation sites (tertiary alicyclic amines) is 1. The van der Waals surface area contributed by atoms with Crippen molar-refractivity contribution in [2.24, 2.45) is 0 Å². The molecule has 0 bridgehead atoms. The number of nitrogens with zero attached hydrogens (tertiary/aromatic N) is 4. The van der Waals surface area contributed by atoms with E-state index in [2.05, 4.69) is 4.98 Å². The summed E-state index contributed by atoms with van der Waals surface area (Å²) in [7, 11) is 0. The summed E-state index contributed by atoms with van der Waals surface area (Å²) in [6.07, 6.45) is 6.64. The van der Waals surface area contributed by atoms with Gasteiger partial charge in [0.1, 0.15) is 5.69 Å². The second-order valence-electron chi connectivity index (χ2n) is 4.93. The van der Waals surface area contributed by atoms with E-state index in [4.69, 9.17) is 0 Å². The number of imidazole rings is 1. The summed E-state index contributed by atoms with van der Waals surface area (Å²) in [5, 5.41) is 11.3. The summed E-state index contributed by atoms with van der Waals surface area (Å²) in [4.78, 5) is 28.7. The third-order valence-corrected chi connectivity index (χ3v) is 3.59. The molecule has 1 fully saturated rings. The standard InChI is InChI=1S/C14H14N4O3/c19-14(16-6-1-2-7-16)11-3-4-12(13(9-11)18(20)21)17-8-5-15-10-17/h3-5,8-10H,1-2,6-7H2. The minimum atomic E-state index is -0.476. The minimum Gasteiger partial charge on any atom is -0.339 e. The first kappa shape index (κ1) is 13.3. The number of nitro groups is 1. The fourth-order valence-corrected chi connectivity index (χ4v) is 2.53. The number of carbonyl (C=O) groups excluding carboxylic acids is 1. The molecule has 1 amide bonds. The number of amides is 1. The van der Waals surface area contributed by atoms with Crippen molar-refractivity contribution in [1.82, 2.24) is 14.5 Å². The van der Waals surface area contributed by atoms with Gasteiger partial charge < -0.3 is 9.47 Å². The Labute approximate surface area is 121 Å². The van der Waals surface area contributed by atoms with E-state index in [9.17, 15) is 14.9 Å². The molecule has 7 heteroatoms. The van der Waals surface area contributed by atoms with Crippen molar-refractivity contribution in [1.29, 1.82) is 0 Å². The van der Waals surface area contributed by atoms with Gasteiger partial charge in [-0.1, -0.05) is 0 Å². The molecule has 0 atom stereocenters. The Morgan fingerprint density at radius 3 is 2.67 bits per heavy atom. The molecule has 0 saturated carbocycles. The van der Waals surface area contributed by atoms with Gasteiger partial charge >= 0.3 is 0 Å². The smallest absolute Gasteiger partial charge is 0.294 e. The van der Waals surface area contributed by atoms with Crippen LogP contribution in [0.1, 0.15) is 23.2 Å². The van der Waals surface area contributed by atoms with Gasteiger partial charge in [0.05, 0.1) is 11.3 Å². The Balaban J connectivity index is 1.99. The molecule has 2 heterocycles. The summed E-state index contributed by atoms with van der Waals surface area (Å²) in [5.74, 6) is -0.146. The average molecular weight is 286 g/mol. The van der Waals surface area contributed by atoms with Gasteiger partial charge in [0.25, 0.3) is 11.6 Å². The SMILES string of the molecule is O=C(c1ccc(-n2ccnc2)c([N+](=O)[O-])c1)N1CCCC1. The summed E-state index contributed by atoms with van der Waals surface area (Å²) in [6, 6.07) is 4.56. The zero-order valence-corrected chi connectivity index (χ0v) is 11.3. The summed E-state index contributed by atoms with van der Waals surface area (Å²) in [6.45, 7) is 1.44. The van der Waals surface area contributed by atoms with Gasteiger partial charge in [-0.15, -0.1) is 0 Å². The van der Waals surface area contributed by atoms with Crippen LogP contribution in [0.15, 0.2) is 36.9 Å². The lowest BCUT2D eigenvalue weighted by atomic mass is 10.1. The first-order valence-corrected chi connectivity index (χ1v) is 6.73. The van der Waals surface area contributed by atoms with Crippen LogP contribution in [0.2, 0.25) is 0 Å². The summed E-state index contributed by atoms with van der Waals surface area (Å²) in [5.41, 5.74) is 0.654. The molecule has 2 aromatic rings. The number of hydrogen-bond acceptors (Lipinski definition) is 4. The monoisotopic (exact) mass is 286 g/mol. The van der Waals surface area contributed by atoms with Gasteiger partial charge in [0, 0.05) is 37.1 Å². The molecule has 0 spiro atoms. The van der Waals surface area contributed by atoms with Crippen LogP contribution in [0.5, 0.6) is 0 Å². The van der Waals surface area contributed by atoms with E-state index in [1.54, 1.807) is 34.0 Å².